The van der Waals surface area contributed by atoms with E-state index < -0.39 is 5.54 Å². The summed E-state index contributed by atoms with van der Waals surface area (Å²) >= 11 is 0. The summed E-state index contributed by atoms with van der Waals surface area (Å²) in [5, 5.41) is 8.09. The minimum Gasteiger partial charge on any atom is -0.350 e. The average Bonchev–Trinajstić information content (AvgIpc) is 3.25. The molecule has 1 spiro atoms. The van der Waals surface area contributed by atoms with Crippen LogP contribution in [0.1, 0.15) is 50.6 Å². The monoisotopic (exact) mass is 379 g/mol. The molecule has 0 unspecified atom stereocenters. The first-order valence-electron chi connectivity index (χ1n) is 9.91. The Kier molecular flexibility index (Phi) is 4.79. The van der Waals surface area contributed by atoms with E-state index in [-0.39, 0.29) is 36.9 Å². The molecule has 2 N–H and O–H groups in total. The Hall–Kier alpha value is -2.89. The minimum atomic E-state index is -0.716. The van der Waals surface area contributed by atoms with Crippen molar-refractivity contribution in [1.29, 1.82) is 0 Å². The zero-order valence-electron chi connectivity index (χ0n) is 16.0. The van der Waals surface area contributed by atoms with Crippen molar-refractivity contribution < 1.29 is 14.4 Å². The highest BCUT2D eigenvalue weighted by atomic mass is 16.2. The van der Waals surface area contributed by atoms with Crippen molar-refractivity contribution in [3.63, 3.8) is 0 Å². The number of carbonyl (C=O) groups is 3. The number of hydrogen-bond acceptors (Lipinski definition) is 3. The van der Waals surface area contributed by atoms with E-state index in [9.17, 15) is 14.4 Å². The van der Waals surface area contributed by atoms with Gasteiger partial charge in [-0.25, -0.2) is 4.79 Å². The predicted molar refractivity (Wildman–Crippen MR) is 107 cm³/mol. The van der Waals surface area contributed by atoms with Crippen LogP contribution >= 0.6 is 0 Å². The number of rotatable bonds is 5. The first-order chi connectivity index (χ1) is 13.5. The molecule has 4 amide bonds. The first kappa shape index (κ1) is 18.5. The van der Waals surface area contributed by atoms with Crippen LogP contribution in [0.2, 0.25) is 0 Å². The van der Waals surface area contributed by atoms with Crippen LogP contribution in [0.4, 0.5) is 4.79 Å². The Morgan fingerprint density at radius 3 is 2.61 bits per heavy atom. The van der Waals surface area contributed by atoms with Crippen LogP contribution in [0.3, 0.4) is 0 Å². The van der Waals surface area contributed by atoms with Crippen molar-refractivity contribution in [2.24, 2.45) is 0 Å². The number of carbonyl (C=O) groups excluding carboxylic acids is 3. The normalized spacial score (nSPS) is 19.2. The number of nitrogens with one attached hydrogen (secondary N) is 2. The summed E-state index contributed by atoms with van der Waals surface area (Å²) in [6.07, 6.45) is 3.39. The summed E-state index contributed by atoms with van der Waals surface area (Å²) in [5.41, 5.74) is 0.304. The number of urea groups is 1. The van der Waals surface area contributed by atoms with Crippen LogP contribution in [-0.4, -0.2) is 34.8 Å². The summed E-state index contributed by atoms with van der Waals surface area (Å²) in [6.45, 7) is 2.05. The second kappa shape index (κ2) is 7.26. The number of fused-ring (bicyclic) bond motifs is 1. The van der Waals surface area contributed by atoms with Gasteiger partial charge in [0.2, 0.25) is 5.91 Å². The van der Waals surface area contributed by atoms with Crippen LogP contribution in [0, 0.1) is 0 Å². The number of benzene rings is 2. The molecule has 1 saturated heterocycles. The third kappa shape index (κ3) is 3.35. The summed E-state index contributed by atoms with van der Waals surface area (Å²) in [6, 6.07) is 13.7. The van der Waals surface area contributed by atoms with Crippen LogP contribution in [0.5, 0.6) is 0 Å². The molecule has 1 saturated carbocycles. The van der Waals surface area contributed by atoms with Crippen molar-refractivity contribution in [2.75, 3.05) is 6.54 Å². The van der Waals surface area contributed by atoms with Crippen molar-refractivity contribution in [2.45, 2.75) is 50.6 Å². The smallest absolute Gasteiger partial charge is 0.325 e. The molecule has 1 aliphatic heterocycles. The molecule has 2 fully saturated rings. The second-order valence-corrected chi connectivity index (χ2v) is 7.82. The molecule has 2 aromatic rings. The Morgan fingerprint density at radius 2 is 1.86 bits per heavy atom. The van der Waals surface area contributed by atoms with E-state index in [2.05, 4.69) is 22.8 Å². The van der Waals surface area contributed by atoms with E-state index in [0.29, 0.717) is 12.8 Å². The second-order valence-electron chi connectivity index (χ2n) is 7.82. The summed E-state index contributed by atoms with van der Waals surface area (Å²) in [7, 11) is 0. The predicted octanol–water partition coefficient (Wildman–Crippen LogP) is 3.27. The standard InChI is InChI=1S/C22H25N3O3/c1-15(17-9-8-16-6-2-3-7-18(16)14-17)23-19(26)10-13-25-20(27)22(24-21(25)28)11-4-5-12-22/h2-3,6-9,14-15H,4-5,10-13H2,1H3,(H,23,26)(H,24,28)/t15-/m1/s1. The van der Waals surface area contributed by atoms with E-state index in [0.717, 1.165) is 29.2 Å². The van der Waals surface area contributed by atoms with Gasteiger partial charge in [-0.2, -0.15) is 0 Å². The van der Waals surface area contributed by atoms with Crippen molar-refractivity contribution in [3.05, 3.63) is 48.0 Å². The number of hydrogen-bond donors (Lipinski definition) is 2. The maximum atomic E-state index is 12.6. The van der Waals surface area contributed by atoms with Gasteiger partial charge in [0.05, 0.1) is 6.04 Å². The van der Waals surface area contributed by atoms with E-state index in [1.807, 2.05) is 37.3 Å². The maximum Gasteiger partial charge on any atom is 0.325 e. The van der Waals surface area contributed by atoms with E-state index in [4.69, 9.17) is 0 Å². The number of imide groups is 1. The molecule has 28 heavy (non-hydrogen) atoms. The van der Waals surface area contributed by atoms with Crippen molar-refractivity contribution in [1.82, 2.24) is 15.5 Å². The van der Waals surface area contributed by atoms with Gasteiger partial charge in [0.25, 0.3) is 5.91 Å². The van der Waals surface area contributed by atoms with Gasteiger partial charge in [0.1, 0.15) is 5.54 Å². The number of nitrogens with zero attached hydrogens (tertiary/aromatic N) is 1. The molecule has 6 heteroatoms. The molecule has 2 aromatic carbocycles. The highest BCUT2D eigenvalue weighted by molar-refractivity contribution is 6.07. The molecular formula is C22H25N3O3. The van der Waals surface area contributed by atoms with E-state index >= 15 is 0 Å². The van der Waals surface area contributed by atoms with Gasteiger partial charge in [0.15, 0.2) is 0 Å². The molecule has 0 bridgehead atoms. The SMILES string of the molecule is C[C@@H](NC(=O)CCN1C(=O)NC2(CCCC2)C1=O)c1ccc2ccccc2c1. The van der Waals surface area contributed by atoms with Gasteiger partial charge in [-0.3, -0.25) is 14.5 Å². The highest BCUT2D eigenvalue weighted by Crippen LogP contribution is 2.35. The van der Waals surface area contributed by atoms with E-state index in [1.54, 1.807) is 0 Å². The maximum absolute atomic E-state index is 12.6. The zero-order valence-corrected chi connectivity index (χ0v) is 16.0. The fourth-order valence-corrected chi connectivity index (χ4v) is 4.28. The molecule has 2 aliphatic rings. The van der Waals surface area contributed by atoms with Crippen LogP contribution in [-0.2, 0) is 9.59 Å². The Labute approximate surface area is 164 Å². The lowest BCUT2D eigenvalue weighted by molar-refractivity contribution is -0.131. The summed E-state index contributed by atoms with van der Waals surface area (Å²) in [4.78, 5) is 38.4. The summed E-state index contributed by atoms with van der Waals surface area (Å²) in [5.74, 6) is -0.348. The molecule has 0 radical (unpaired) electrons. The van der Waals surface area contributed by atoms with Gasteiger partial charge >= 0.3 is 6.03 Å². The molecular weight excluding hydrogens is 354 g/mol. The molecule has 4 rings (SSSR count). The molecule has 1 atom stereocenters. The third-order valence-electron chi connectivity index (χ3n) is 5.92. The molecule has 1 heterocycles. The largest absolute Gasteiger partial charge is 0.350 e. The van der Waals surface area contributed by atoms with Crippen molar-refractivity contribution >= 4 is 28.6 Å². The fraction of sp³-hybridized carbons (Fsp3) is 0.409. The van der Waals surface area contributed by atoms with Gasteiger partial charge in [-0.05, 0) is 42.2 Å². The van der Waals surface area contributed by atoms with Gasteiger partial charge in [-0.15, -0.1) is 0 Å². The Bertz CT molecular complexity index is 934. The van der Waals surface area contributed by atoms with Gasteiger partial charge in [0, 0.05) is 13.0 Å². The number of amides is 4. The molecule has 6 nitrogen and oxygen atoms in total. The lowest BCUT2D eigenvalue weighted by atomic mass is 9.98. The zero-order chi connectivity index (χ0) is 19.7. The highest BCUT2D eigenvalue weighted by Gasteiger charge is 2.52. The molecule has 1 aliphatic carbocycles. The van der Waals surface area contributed by atoms with Crippen molar-refractivity contribution in [3.8, 4) is 0 Å². The quantitative estimate of drug-likeness (QED) is 0.783. The third-order valence-corrected chi connectivity index (χ3v) is 5.92. The van der Waals surface area contributed by atoms with Gasteiger partial charge in [-0.1, -0.05) is 49.2 Å². The fourth-order valence-electron chi connectivity index (χ4n) is 4.28. The van der Waals surface area contributed by atoms with Crippen LogP contribution in [0.15, 0.2) is 42.5 Å². The molecule has 146 valence electrons. The lowest BCUT2D eigenvalue weighted by Gasteiger charge is -2.20. The summed E-state index contributed by atoms with van der Waals surface area (Å²) < 4.78 is 0. The van der Waals surface area contributed by atoms with Crippen LogP contribution < -0.4 is 10.6 Å². The minimum absolute atomic E-state index is 0.104. The first-order valence-corrected chi connectivity index (χ1v) is 9.91. The topological polar surface area (TPSA) is 78.5 Å². The lowest BCUT2D eigenvalue weighted by Crippen LogP contribution is -2.44. The molecule has 0 aromatic heterocycles. The Morgan fingerprint density at radius 1 is 1.14 bits per heavy atom. The average molecular weight is 379 g/mol. The van der Waals surface area contributed by atoms with Crippen LogP contribution in [0.25, 0.3) is 10.8 Å². The Balaban J connectivity index is 1.35. The van der Waals surface area contributed by atoms with E-state index in [1.165, 1.54) is 4.90 Å². The van der Waals surface area contributed by atoms with Gasteiger partial charge < -0.3 is 10.6 Å².